The minimum absolute atomic E-state index is 0.0314. The van der Waals surface area contributed by atoms with Gasteiger partial charge in [-0.3, -0.25) is 0 Å². The molecule has 1 unspecified atom stereocenters. The molecule has 3 aliphatic carbocycles. The average Bonchev–Trinajstić information content (AvgIpc) is 3.11. The Morgan fingerprint density at radius 1 is 1.32 bits per heavy atom. The number of esters is 1. The fourth-order valence-corrected chi connectivity index (χ4v) is 3.55. The molecule has 4 rings (SSSR count). The molecular weight excluding hydrogens is 316 g/mol. The number of phenolic OH excluding ortho intramolecular Hbond substituents is 1. The molecule has 126 valence electrons. The Labute approximate surface area is 146 Å². The number of benzene rings is 1. The van der Waals surface area contributed by atoms with Crippen LogP contribution in [0.4, 0.5) is 0 Å². The van der Waals surface area contributed by atoms with Crippen molar-refractivity contribution in [1.82, 2.24) is 0 Å². The summed E-state index contributed by atoms with van der Waals surface area (Å²) in [4.78, 5) is 12.1. The van der Waals surface area contributed by atoms with Crippen LogP contribution < -0.4 is 4.74 Å². The average molecular weight is 334 g/mol. The molecule has 25 heavy (non-hydrogen) atoms. The number of phenols is 1. The Hall–Kier alpha value is -3.01. The van der Waals surface area contributed by atoms with Gasteiger partial charge in [-0.15, -0.1) is 0 Å². The summed E-state index contributed by atoms with van der Waals surface area (Å²) in [6.45, 7) is 0. The van der Waals surface area contributed by atoms with Crippen molar-refractivity contribution in [2.45, 2.75) is 12.8 Å². The minimum atomic E-state index is -0.429. The third kappa shape index (κ3) is 2.70. The van der Waals surface area contributed by atoms with Crippen LogP contribution in [0.2, 0.25) is 0 Å². The molecule has 0 aliphatic heterocycles. The van der Waals surface area contributed by atoms with Crippen LogP contribution in [0, 0.1) is 5.41 Å². The van der Waals surface area contributed by atoms with Crippen molar-refractivity contribution in [3.63, 3.8) is 0 Å². The molecule has 0 amide bonds. The van der Waals surface area contributed by atoms with Crippen molar-refractivity contribution in [3.05, 3.63) is 77.1 Å². The topological polar surface area (TPSA) is 55.8 Å². The Balaban J connectivity index is 1.47. The first-order valence-corrected chi connectivity index (χ1v) is 8.18. The van der Waals surface area contributed by atoms with Gasteiger partial charge in [-0.25, -0.2) is 4.79 Å². The van der Waals surface area contributed by atoms with E-state index in [9.17, 15) is 9.90 Å². The molecule has 1 atom stereocenters. The molecule has 4 nitrogen and oxygen atoms in total. The van der Waals surface area contributed by atoms with Gasteiger partial charge in [-0.2, -0.15) is 0 Å². The summed E-state index contributed by atoms with van der Waals surface area (Å²) in [5.74, 6) is 0.613. The largest absolute Gasteiger partial charge is 0.504 e. The maximum absolute atomic E-state index is 12.1. The molecule has 0 radical (unpaired) electrons. The molecule has 0 saturated heterocycles. The zero-order valence-corrected chi connectivity index (χ0v) is 13.9. The Morgan fingerprint density at radius 2 is 2.20 bits per heavy atom. The predicted molar refractivity (Wildman–Crippen MR) is 94.8 cm³/mol. The summed E-state index contributed by atoms with van der Waals surface area (Å²) >= 11 is 0. The maximum atomic E-state index is 12.1. The predicted octanol–water partition coefficient (Wildman–Crippen LogP) is 4.06. The molecular formula is C21H18O4. The van der Waals surface area contributed by atoms with Gasteiger partial charge in [-0.05, 0) is 48.3 Å². The van der Waals surface area contributed by atoms with E-state index in [4.69, 9.17) is 9.47 Å². The van der Waals surface area contributed by atoms with Gasteiger partial charge in [0.25, 0.3) is 0 Å². The number of carbonyl (C=O) groups excluding carboxylic acids is 1. The number of hydrogen-bond donors (Lipinski definition) is 1. The molecule has 0 saturated carbocycles. The zero-order chi connectivity index (χ0) is 17.4. The Kier molecular flexibility index (Phi) is 3.61. The van der Waals surface area contributed by atoms with Crippen molar-refractivity contribution in [2.75, 3.05) is 7.11 Å². The molecule has 1 aromatic rings. The third-order valence-corrected chi connectivity index (χ3v) is 4.86. The van der Waals surface area contributed by atoms with Crippen LogP contribution in [-0.2, 0) is 9.53 Å². The van der Waals surface area contributed by atoms with Gasteiger partial charge >= 0.3 is 5.97 Å². The van der Waals surface area contributed by atoms with Crippen molar-refractivity contribution < 1.29 is 19.4 Å². The summed E-state index contributed by atoms with van der Waals surface area (Å²) in [5, 5.41) is 9.59. The van der Waals surface area contributed by atoms with Crippen LogP contribution in [0.3, 0.4) is 0 Å². The maximum Gasteiger partial charge on any atom is 0.336 e. The molecule has 1 N–H and O–H groups in total. The summed E-state index contributed by atoms with van der Waals surface area (Å²) < 4.78 is 10.6. The van der Waals surface area contributed by atoms with Crippen LogP contribution in [0.15, 0.2) is 71.6 Å². The molecule has 1 spiro atoms. The highest BCUT2D eigenvalue weighted by atomic mass is 16.5. The third-order valence-electron chi connectivity index (χ3n) is 4.86. The highest BCUT2D eigenvalue weighted by Crippen LogP contribution is 2.52. The van der Waals surface area contributed by atoms with Crippen LogP contribution >= 0.6 is 0 Å². The van der Waals surface area contributed by atoms with E-state index in [-0.39, 0.29) is 11.2 Å². The van der Waals surface area contributed by atoms with Crippen molar-refractivity contribution in [2.24, 2.45) is 5.41 Å². The molecule has 0 aromatic heterocycles. The normalized spacial score (nSPS) is 23.2. The van der Waals surface area contributed by atoms with Crippen LogP contribution in [0.5, 0.6) is 11.5 Å². The first kappa shape index (κ1) is 15.5. The SMILES string of the molecule is COc1cc(C=CC(=O)OC2=C3C=C4CC=CC4(C=C2)C3)ccc1O. The van der Waals surface area contributed by atoms with Crippen molar-refractivity contribution >= 4 is 12.0 Å². The number of methoxy groups -OCH3 is 1. The lowest BCUT2D eigenvalue weighted by molar-refractivity contribution is -0.133. The van der Waals surface area contributed by atoms with Gasteiger partial charge in [0.05, 0.1) is 7.11 Å². The molecule has 3 aliphatic rings. The second kappa shape index (κ2) is 5.81. The second-order valence-corrected chi connectivity index (χ2v) is 6.40. The first-order valence-electron chi connectivity index (χ1n) is 8.18. The van der Waals surface area contributed by atoms with E-state index in [1.165, 1.54) is 24.8 Å². The Bertz CT molecular complexity index is 898. The molecule has 2 bridgehead atoms. The van der Waals surface area contributed by atoms with E-state index in [2.05, 4.69) is 24.3 Å². The molecule has 0 heterocycles. The minimum Gasteiger partial charge on any atom is -0.504 e. The van der Waals surface area contributed by atoms with E-state index >= 15 is 0 Å². The highest BCUT2D eigenvalue weighted by Gasteiger charge is 2.40. The lowest BCUT2D eigenvalue weighted by Gasteiger charge is -2.23. The van der Waals surface area contributed by atoms with E-state index in [1.54, 1.807) is 18.2 Å². The fraction of sp³-hybridized carbons (Fsp3) is 0.190. The van der Waals surface area contributed by atoms with Gasteiger partial charge in [0, 0.05) is 11.5 Å². The number of fused-ring (bicyclic) bond motifs is 1. The fourth-order valence-electron chi connectivity index (χ4n) is 3.55. The first-order chi connectivity index (χ1) is 12.1. The summed E-state index contributed by atoms with van der Waals surface area (Å²) in [7, 11) is 1.48. The lowest BCUT2D eigenvalue weighted by Crippen LogP contribution is -2.14. The van der Waals surface area contributed by atoms with Crippen LogP contribution in [-0.4, -0.2) is 18.2 Å². The quantitative estimate of drug-likeness (QED) is 0.512. The molecule has 4 heteroatoms. The molecule has 0 fully saturated rings. The number of ether oxygens (including phenoxy) is 2. The van der Waals surface area contributed by atoms with Gasteiger partial charge in [0.15, 0.2) is 11.5 Å². The van der Waals surface area contributed by atoms with E-state index in [0.29, 0.717) is 11.5 Å². The van der Waals surface area contributed by atoms with Gasteiger partial charge < -0.3 is 14.6 Å². The number of rotatable bonds is 4. The summed E-state index contributed by atoms with van der Waals surface area (Å²) in [6, 6.07) is 4.87. The van der Waals surface area contributed by atoms with Crippen molar-refractivity contribution in [3.8, 4) is 11.5 Å². The number of hydrogen-bond acceptors (Lipinski definition) is 4. The van der Waals surface area contributed by atoms with Gasteiger partial charge in [-0.1, -0.05) is 35.9 Å². The van der Waals surface area contributed by atoms with E-state index in [1.807, 2.05) is 6.08 Å². The van der Waals surface area contributed by atoms with E-state index in [0.717, 1.165) is 24.0 Å². The standard InChI is InChI=1S/C21H18O4/c1-24-19-11-14(4-6-17(19)22)5-7-20(23)25-18-8-10-21-9-2-3-16(21)12-15(18)13-21/h2,4-12,22H,3,13H2,1H3. The van der Waals surface area contributed by atoms with Crippen molar-refractivity contribution in [1.29, 1.82) is 0 Å². The van der Waals surface area contributed by atoms with Crippen LogP contribution in [0.1, 0.15) is 18.4 Å². The number of allylic oxidation sites excluding steroid dienone is 7. The van der Waals surface area contributed by atoms with Crippen LogP contribution in [0.25, 0.3) is 6.08 Å². The Morgan fingerprint density at radius 3 is 3.04 bits per heavy atom. The zero-order valence-electron chi connectivity index (χ0n) is 13.9. The lowest BCUT2D eigenvalue weighted by atomic mass is 9.81. The second-order valence-electron chi connectivity index (χ2n) is 6.40. The number of aromatic hydroxyl groups is 1. The van der Waals surface area contributed by atoms with Gasteiger partial charge in [0.2, 0.25) is 0 Å². The summed E-state index contributed by atoms with van der Waals surface area (Å²) in [6.07, 6.45) is 15.4. The summed E-state index contributed by atoms with van der Waals surface area (Å²) in [5.41, 5.74) is 3.22. The van der Waals surface area contributed by atoms with Gasteiger partial charge in [0.1, 0.15) is 5.76 Å². The molecule has 1 aromatic carbocycles. The monoisotopic (exact) mass is 334 g/mol. The highest BCUT2D eigenvalue weighted by molar-refractivity contribution is 5.88. The van der Waals surface area contributed by atoms with E-state index < -0.39 is 5.97 Å². The smallest absolute Gasteiger partial charge is 0.336 e. The number of carbonyl (C=O) groups is 1.